The van der Waals surface area contributed by atoms with E-state index in [4.69, 9.17) is 5.11 Å². The van der Waals surface area contributed by atoms with Crippen LogP contribution in [0.2, 0.25) is 0 Å². The van der Waals surface area contributed by atoms with Gasteiger partial charge in [0.1, 0.15) is 0 Å². The number of hydrogen-bond acceptors (Lipinski definition) is 2. The molecule has 1 aliphatic heterocycles. The van der Waals surface area contributed by atoms with Gasteiger partial charge in [0, 0.05) is 19.5 Å². The summed E-state index contributed by atoms with van der Waals surface area (Å²) in [6.45, 7) is 2.45. The maximum absolute atomic E-state index is 12.6. The Bertz CT molecular complexity index is 430. The normalized spacial score (nSPS) is 33.0. The van der Waals surface area contributed by atoms with Crippen LogP contribution in [0.15, 0.2) is 0 Å². The zero-order valence-electron chi connectivity index (χ0n) is 12.6. The summed E-state index contributed by atoms with van der Waals surface area (Å²) >= 11 is 0. The number of alkyl halides is 3. The zero-order chi connectivity index (χ0) is 16.5. The topological polar surface area (TPSA) is 57.6 Å². The van der Waals surface area contributed by atoms with Crippen LogP contribution in [0.5, 0.6) is 0 Å². The van der Waals surface area contributed by atoms with Gasteiger partial charge in [0.2, 0.25) is 5.91 Å². The number of rotatable bonds is 3. The number of carbonyl (C=O) groups is 2. The highest BCUT2D eigenvalue weighted by molar-refractivity contribution is 5.79. The summed E-state index contributed by atoms with van der Waals surface area (Å²) in [4.78, 5) is 24.8. The van der Waals surface area contributed by atoms with E-state index in [1.54, 1.807) is 11.8 Å². The van der Waals surface area contributed by atoms with E-state index in [1.165, 1.54) is 0 Å². The zero-order valence-corrected chi connectivity index (χ0v) is 12.6. The first kappa shape index (κ1) is 17.1. The number of halogens is 3. The molecule has 7 heteroatoms. The van der Waals surface area contributed by atoms with Crippen LogP contribution in [0.1, 0.15) is 39.0 Å². The van der Waals surface area contributed by atoms with Crippen molar-refractivity contribution in [1.82, 2.24) is 4.90 Å². The number of carbonyl (C=O) groups excluding carboxylic acids is 1. The SMILES string of the molecule is C[C@@H]1CN(C(=O)CC2CCC(C(F)(F)F)CC2)C[C@H]1C(=O)O. The molecule has 2 atom stereocenters. The van der Waals surface area contributed by atoms with Gasteiger partial charge in [0.05, 0.1) is 11.8 Å². The molecule has 0 spiro atoms. The van der Waals surface area contributed by atoms with E-state index in [9.17, 15) is 22.8 Å². The van der Waals surface area contributed by atoms with E-state index in [0.717, 1.165) is 0 Å². The number of amides is 1. The molecule has 126 valence electrons. The number of aliphatic carboxylic acids is 1. The first-order chi connectivity index (χ1) is 10.2. The summed E-state index contributed by atoms with van der Waals surface area (Å²) in [5, 5.41) is 9.07. The molecule has 1 saturated heterocycles. The summed E-state index contributed by atoms with van der Waals surface area (Å²) in [6, 6.07) is 0. The predicted molar refractivity (Wildman–Crippen MR) is 73.0 cm³/mol. The minimum absolute atomic E-state index is 0.00900. The summed E-state index contributed by atoms with van der Waals surface area (Å²) in [6.07, 6.45) is -2.87. The van der Waals surface area contributed by atoms with Crippen molar-refractivity contribution in [3.8, 4) is 0 Å². The van der Waals surface area contributed by atoms with Gasteiger partial charge in [-0.25, -0.2) is 0 Å². The molecule has 0 aromatic heterocycles. The fourth-order valence-corrected chi connectivity index (χ4v) is 3.56. The molecule has 4 nitrogen and oxygen atoms in total. The van der Waals surface area contributed by atoms with Gasteiger partial charge in [-0.1, -0.05) is 6.92 Å². The van der Waals surface area contributed by atoms with Crippen LogP contribution in [0.3, 0.4) is 0 Å². The highest BCUT2D eigenvalue weighted by Gasteiger charge is 2.42. The van der Waals surface area contributed by atoms with Crippen LogP contribution in [0, 0.1) is 23.7 Å². The molecule has 1 amide bonds. The van der Waals surface area contributed by atoms with Crippen molar-refractivity contribution < 1.29 is 27.9 Å². The molecule has 0 aromatic carbocycles. The Kier molecular flexibility index (Phi) is 5.02. The quantitative estimate of drug-likeness (QED) is 0.869. The molecule has 1 saturated carbocycles. The third-order valence-electron chi connectivity index (χ3n) is 5.06. The first-order valence-corrected chi connectivity index (χ1v) is 7.75. The Morgan fingerprint density at radius 1 is 1.14 bits per heavy atom. The molecule has 1 N–H and O–H groups in total. The van der Waals surface area contributed by atoms with Crippen LogP contribution in [-0.4, -0.2) is 41.1 Å². The number of hydrogen-bond donors (Lipinski definition) is 1. The number of carboxylic acid groups (broad SMARTS) is 1. The molecule has 1 aliphatic carbocycles. The van der Waals surface area contributed by atoms with E-state index >= 15 is 0 Å². The first-order valence-electron chi connectivity index (χ1n) is 7.75. The number of likely N-dealkylation sites (tertiary alicyclic amines) is 1. The lowest BCUT2D eigenvalue weighted by molar-refractivity contribution is -0.184. The van der Waals surface area contributed by atoms with Crippen LogP contribution in [-0.2, 0) is 9.59 Å². The molecule has 0 bridgehead atoms. The number of carboxylic acids is 1. The lowest BCUT2D eigenvalue weighted by Crippen LogP contribution is -2.33. The van der Waals surface area contributed by atoms with Crippen molar-refractivity contribution >= 4 is 11.9 Å². The van der Waals surface area contributed by atoms with Gasteiger partial charge in [0.25, 0.3) is 0 Å². The number of nitrogens with zero attached hydrogens (tertiary/aromatic N) is 1. The van der Waals surface area contributed by atoms with E-state index in [-0.39, 0.29) is 43.6 Å². The van der Waals surface area contributed by atoms with Crippen molar-refractivity contribution in [1.29, 1.82) is 0 Å². The molecule has 22 heavy (non-hydrogen) atoms. The fourth-order valence-electron chi connectivity index (χ4n) is 3.56. The highest BCUT2D eigenvalue weighted by Crippen LogP contribution is 2.40. The van der Waals surface area contributed by atoms with Crippen molar-refractivity contribution in [2.24, 2.45) is 23.7 Å². The average molecular weight is 321 g/mol. The van der Waals surface area contributed by atoms with Crippen molar-refractivity contribution in [3.05, 3.63) is 0 Å². The van der Waals surface area contributed by atoms with Crippen LogP contribution in [0.4, 0.5) is 13.2 Å². The second-order valence-electron chi connectivity index (χ2n) is 6.68. The molecular formula is C15H22F3NO3. The lowest BCUT2D eigenvalue weighted by atomic mass is 9.80. The van der Waals surface area contributed by atoms with E-state index in [0.29, 0.717) is 19.4 Å². The van der Waals surface area contributed by atoms with Gasteiger partial charge in [-0.15, -0.1) is 0 Å². The minimum Gasteiger partial charge on any atom is -0.481 e. The van der Waals surface area contributed by atoms with Gasteiger partial charge in [-0.05, 0) is 37.5 Å². The molecule has 1 heterocycles. The minimum atomic E-state index is -4.13. The molecule has 2 aliphatic rings. The standard InChI is InChI=1S/C15H22F3NO3/c1-9-7-19(8-12(9)14(21)22)13(20)6-10-2-4-11(5-3-10)15(16,17)18/h9-12H,2-8H2,1H3,(H,21,22)/t9-,10?,11?,12-/m1/s1. The van der Waals surface area contributed by atoms with Crippen molar-refractivity contribution in [3.63, 3.8) is 0 Å². The smallest absolute Gasteiger partial charge is 0.391 e. The fraction of sp³-hybridized carbons (Fsp3) is 0.867. The third kappa shape index (κ3) is 3.93. The highest BCUT2D eigenvalue weighted by atomic mass is 19.4. The van der Waals surface area contributed by atoms with Crippen LogP contribution < -0.4 is 0 Å². The molecule has 0 radical (unpaired) electrons. The van der Waals surface area contributed by atoms with Gasteiger partial charge in [-0.3, -0.25) is 9.59 Å². The summed E-state index contributed by atoms with van der Waals surface area (Å²) in [5.41, 5.74) is 0. The average Bonchev–Trinajstić information content (AvgIpc) is 2.80. The van der Waals surface area contributed by atoms with Gasteiger partial charge in [0.15, 0.2) is 0 Å². The maximum Gasteiger partial charge on any atom is 0.391 e. The summed E-state index contributed by atoms with van der Waals surface area (Å²) < 4.78 is 37.8. The van der Waals surface area contributed by atoms with E-state index < -0.39 is 24.0 Å². The Morgan fingerprint density at radius 3 is 2.18 bits per heavy atom. The summed E-state index contributed by atoms with van der Waals surface area (Å²) in [7, 11) is 0. The van der Waals surface area contributed by atoms with Gasteiger partial charge < -0.3 is 10.0 Å². The molecular weight excluding hydrogens is 299 g/mol. The Morgan fingerprint density at radius 2 is 1.73 bits per heavy atom. The van der Waals surface area contributed by atoms with Gasteiger partial charge in [-0.2, -0.15) is 13.2 Å². The van der Waals surface area contributed by atoms with Crippen LogP contribution in [0.25, 0.3) is 0 Å². The molecule has 0 aromatic rings. The molecule has 0 unspecified atom stereocenters. The Labute approximate surface area is 127 Å². The largest absolute Gasteiger partial charge is 0.481 e. The summed E-state index contributed by atoms with van der Waals surface area (Å²) in [5.74, 6) is -2.88. The van der Waals surface area contributed by atoms with E-state index in [1.807, 2.05) is 0 Å². The van der Waals surface area contributed by atoms with Crippen molar-refractivity contribution in [2.75, 3.05) is 13.1 Å². The predicted octanol–water partition coefficient (Wildman–Crippen LogP) is 2.92. The maximum atomic E-state index is 12.6. The third-order valence-corrected chi connectivity index (χ3v) is 5.06. The monoisotopic (exact) mass is 321 g/mol. The second kappa shape index (κ2) is 6.46. The second-order valence-corrected chi connectivity index (χ2v) is 6.68. The van der Waals surface area contributed by atoms with Crippen molar-refractivity contribution in [2.45, 2.75) is 45.2 Å². The Balaban J connectivity index is 1.81. The van der Waals surface area contributed by atoms with Crippen LogP contribution >= 0.6 is 0 Å². The van der Waals surface area contributed by atoms with Gasteiger partial charge >= 0.3 is 12.1 Å². The molecule has 2 rings (SSSR count). The lowest BCUT2D eigenvalue weighted by Gasteiger charge is -2.30. The molecule has 2 fully saturated rings. The van der Waals surface area contributed by atoms with E-state index in [2.05, 4.69) is 0 Å². The Hall–Kier alpha value is -1.27.